The van der Waals surface area contributed by atoms with Crippen LogP contribution in [0.4, 0.5) is 8.78 Å². The molecule has 2 aliphatic rings. The van der Waals surface area contributed by atoms with Crippen molar-refractivity contribution in [2.75, 3.05) is 25.9 Å². The van der Waals surface area contributed by atoms with Gasteiger partial charge in [-0.15, -0.1) is 0 Å². The lowest BCUT2D eigenvalue weighted by molar-refractivity contribution is 0.156. The van der Waals surface area contributed by atoms with Gasteiger partial charge in [-0.05, 0) is 71.5 Å². The quantitative estimate of drug-likeness (QED) is 0.254. The zero-order valence-electron chi connectivity index (χ0n) is 23.6. The molecule has 1 heterocycles. The highest BCUT2D eigenvalue weighted by molar-refractivity contribution is 8.00. The van der Waals surface area contributed by atoms with Crippen molar-refractivity contribution in [1.82, 2.24) is 9.80 Å². The van der Waals surface area contributed by atoms with Crippen LogP contribution < -0.4 is 0 Å². The van der Waals surface area contributed by atoms with E-state index in [2.05, 4.69) is 41.0 Å². The summed E-state index contributed by atoms with van der Waals surface area (Å²) in [6.07, 6.45) is 7.59. The maximum absolute atomic E-state index is 14.0. The molecule has 1 aliphatic heterocycles. The summed E-state index contributed by atoms with van der Waals surface area (Å²) < 4.78 is 53.5. The first kappa shape index (κ1) is 29.9. The highest BCUT2D eigenvalue weighted by Gasteiger charge is 2.35. The highest BCUT2D eigenvalue weighted by Crippen LogP contribution is 2.39. The molecular formula is C33H37ClF2N2O2S. The third kappa shape index (κ3) is 7.08. The maximum atomic E-state index is 14.0. The second-order valence-electron chi connectivity index (χ2n) is 11.3. The number of benzene rings is 3. The predicted octanol–water partition coefficient (Wildman–Crippen LogP) is 7.63. The summed E-state index contributed by atoms with van der Waals surface area (Å²) in [5, 5.41) is 0.641. The van der Waals surface area contributed by atoms with E-state index >= 15 is 0 Å². The molecule has 41 heavy (non-hydrogen) atoms. The van der Waals surface area contributed by atoms with Gasteiger partial charge in [0.1, 0.15) is 11.6 Å². The third-order valence-electron chi connectivity index (χ3n) is 8.33. The van der Waals surface area contributed by atoms with Gasteiger partial charge in [0, 0.05) is 43.0 Å². The van der Waals surface area contributed by atoms with Crippen LogP contribution in [-0.2, 0) is 16.4 Å². The molecular weight excluding hydrogens is 562 g/mol. The first-order valence-corrected chi connectivity index (χ1v) is 16.6. The van der Waals surface area contributed by atoms with Crippen molar-refractivity contribution >= 4 is 26.3 Å². The third-order valence-corrected chi connectivity index (χ3v) is 9.85. The summed E-state index contributed by atoms with van der Waals surface area (Å²) in [6, 6.07) is 19.8. The normalized spacial score (nSPS) is 17.5. The second-order valence-corrected chi connectivity index (χ2v) is 13.7. The van der Waals surface area contributed by atoms with Gasteiger partial charge in [0.15, 0.2) is 9.84 Å². The van der Waals surface area contributed by atoms with Crippen molar-refractivity contribution in [3.8, 4) is 0 Å². The van der Waals surface area contributed by atoms with E-state index in [4.69, 9.17) is 11.6 Å². The fourth-order valence-corrected chi connectivity index (χ4v) is 7.71. The Morgan fingerprint density at radius 2 is 1.49 bits per heavy atom. The number of likely N-dealkylation sites (tertiary alicyclic amines) is 1. The Hall–Kier alpha value is -2.58. The smallest absolute Gasteiger partial charge is 0.176 e. The van der Waals surface area contributed by atoms with Crippen LogP contribution in [0.1, 0.15) is 67.3 Å². The minimum Gasteiger partial charge on any atom is -0.296 e. The Morgan fingerprint density at radius 3 is 2.02 bits per heavy atom. The molecule has 3 aromatic rings. The van der Waals surface area contributed by atoms with Crippen LogP contribution in [0.3, 0.4) is 0 Å². The Labute approximate surface area is 247 Å². The van der Waals surface area contributed by atoms with E-state index in [0.717, 1.165) is 48.7 Å². The summed E-state index contributed by atoms with van der Waals surface area (Å²) in [5.74, 6) is -1.61. The molecule has 1 unspecified atom stereocenters. The molecule has 0 aromatic heterocycles. The van der Waals surface area contributed by atoms with Crippen LogP contribution in [0.25, 0.3) is 4.91 Å². The number of halogens is 3. The lowest BCUT2D eigenvalue weighted by Gasteiger charge is -2.42. The van der Waals surface area contributed by atoms with Crippen LogP contribution >= 0.6 is 11.6 Å². The minimum absolute atomic E-state index is 0.000256. The summed E-state index contributed by atoms with van der Waals surface area (Å²) in [4.78, 5) is 4.76. The summed E-state index contributed by atoms with van der Waals surface area (Å²) in [7, 11) is -3.73. The van der Waals surface area contributed by atoms with E-state index in [9.17, 15) is 17.2 Å². The molecule has 2 fully saturated rings. The molecule has 5 rings (SSSR count). The van der Waals surface area contributed by atoms with Crippen LogP contribution in [0.5, 0.6) is 0 Å². The Balaban J connectivity index is 1.42. The lowest BCUT2D eigenvalue weighted by Crippen LogP contribution is -2.44. The second kappa shape index (κ2) is 12.7. The zero-order chi connectivity index (χ0) is 29.1. The average Bonchev–Trinajstić information content (AvgIpc) is 2.91. The summed E-state index contributed by atoms with van der Waals surface area (Å²) >= 11 is 6.19. The molecule has 218 valence electrons. The van der Waals surface area contributed by atoms with E-state index in [0.29, 0.717) is 29.7 Å². The van der Waals surface area contributed by atoms with Gasteiger partial charge in [-0.2, -0.15) is 0 Å². The van der Waals surface area contributed by atoms with Crippen molar-refractivity contribution < 1.29 is 17.2 Å². The van der Waals surface area contributed by atoms with Crippen molar-refractivity contribution in [1.29, 1.82) is 0 Å². The summed E-state index contributed by atoms with van der Waals surface area (Å²) in [6.45, 7) is 4.91. The van der Waals surface area contributed by atoms with E-state index in [1.54, 1.807) is 0 Å². The lowest BCUT2D eigenvalue weighted by atomic mass is 9.91. The molecule has 4 nitrogen and oxygen atoms in total. The standard InChI is InChI=1S/C33H37ClF2N2O2S/c1-3-37(31-7-5-4-6-8-31)20-23-9-11-24(12-10-23)32(25-13-15-28(34)16-14-25)38-21-27(22-38)33(41(2,39)40)26-17-29(35)19-30(36)18-26/h9-19,31-32H,3-8,20-22H2,1-2H3. The van der Waals surface area contributed by atoms with E-state index < -0.39 is 21.5 Å². The first-order chi connectivity index (χ1) is 19.6. The van der Waals surface area contributed by atoms with Gasteiger partial charge in [-0.1, -0.05) is 74.2 Å². The Bertz CT molecular complexity index is 1470. The molecule has 0 radical (unpaired) electrons. The van der Waals surface area contributed by atoms with E-state index in [1.165, 1.54) is 37.7 Å². The Morgan fingerprint density at radius 1 is 0.927 bits per heavy atom. The number of rotatable bonds is 9. The molecule has 0 spiro atoms. The molecule has 1 saturated carbocycles. The van der Waals surface area contributed by atoms with Crippen LogP contribution in [-0.4, -0.2) is 50.1 Å². The number of hydrogen-bond acceptors (Lipinski definition) is 4. The number of nitrogens with zero attached hydrogens (tertiary/aromatic N) is 2. The monoisotopic (exact) mass is 598 g/mol. The molecule has 0 amide bonds. The van der Waals surface area contributed by atoms with Crippen LogP contribution in [0.15, 0.2) is 72.3 Å². The van der Waals surface area contributed by atoms with Gasteiger partial charge in [0.05, 0.1) is 10.9 Å². The zero-order valence-corrected chi connectivity index (χ0v) is 25.2. The van der Waals surface area contributed by atoms with Crippen molar-refractivity contribution in [3.05, 3.63) is 111 Å². The molecule has 0 bridgehead atoms. The fraction of sp³-hybridized carbons (Fsp3) is 0.394. The van der Waals surface area contributed by atoms with Gasteiger partial charge in [0.25, 0.3) is 0 Å². The number of sulfone groups is 1. The topological polar surface area (TPSA) is 40.6 Å². The van der Waals surface area contributed by atoms with Crippen LogP contribution in [0.2, 0.25) is 5.02 Å². The molecule has 0 N–H and O–H groups in total. The molecule has 1 saturated heterocycles. The fourth-order valence-electron chi connectivity index (χ4n) is 6.38. The largest absolute Gasteiger partial charge is 0.296 e. The molecule has 1 aliphatic carbocycles. The minimum atomic E-state index is -3.73. The van der Waals surface area contributed by atoms with E-state index in [-0.39, 0.29) is 16.5 Å². The van der Waals surface area contributed by atoms with Gasteiger partial charge in [-0.25, -0.2) is 17.2 Å². The molecule has 1 atom stereocenters. The Kier molecular flexibility index (Phi) is 9.29. The highest BCUT2D eigenvalue weighted by atomic mass is 35.5. The summed E-state index contributed by atoms with van der Waals surface area (Å²) in [5.41, 5.74) is 4.09. The maximum Gasteiger partial charge on any atom is 0.176 e. The number of hydrogen-bond donors (Lipinski definition) is 0. The predicted molar refractivity (Wildman–Crippen MR) is 162 cm³/mol. The van der Waals surface area contributed by atoms with Gasteiger partial charge < -0.3 is 0 Å². The van der Waals surface area contributed by atoms with E-state index in [1.807, 2.05) is 24.3 Å². The van der Waals surface area contributed by atoms with Crippen molar-refractivity contribution in [3.63, 3.8) is 0 Å². The van der Waals surface area contributed by atoms with Crippen LogP contribution in [0, 0.1) is 11.6 Å². The molecule has 3 aromatic carbocycles. The van der Waals surface area contributed by atoms with Gasteiger partial charge in [-0.3, -0.25) is 9.80 Å². The van der Waals surface area contributed by atoms with Crippen molar-refractivity contribution in [2.24, 2.45) is 0 Å². The molecule has 8 heteroatoms. The first-order valence-electron chi connectivity index (χ1n) is 14.3. The van der Waals surface area contributed by atoms with Crippen molar-refractivity contribution in [2.45, 2.75) is 57.7 Å². The average molecular weight is 599 g/mol. The van der Waals surface area contributed by atoms with Gasteiger partial charge >= 0.3 is 0 Å². The SMILES string of the molecule is CCN(Cc1ccc(C(c2ccc(Cl)cc2)N2CC(=C(c3cc(F)cc(F)c3)S(C)(=O)=O)C2)cc1)C1CCCCC1. The van der Waals surface area contributed by atoms with Gasteiger partial charge in [0.2, 0.25) is 0 Å².